The summed E-state index contributed by atoms with van der Waals surface area (Å²) >= 11 is 0. The van der Waals surface area contributed by atoms with Crippen LogP contribution in [0.3, 0.4) is 0 Å². The predicted molar refractivity (Wildman–Crippen MR) is 119 cm³/mol. The smallest absolute Gasteiger partial charge is 0.310 e. The maximum absolute atomic E-state index is 12.6. The lowest BCUT2D eigenvalue weighted by Crippen LogP contribution is -2.33. The third kappa shape index (κ3) is 6.23. The summed E-state index contributed by atoms with van der Waals surface area (Å²) < 4.78 is 15.5. The number of rotatable bonds is 9. The van der Waals surface area contributed by atoms with Gasteiger partial charge in [0.15, 0.2) is 6.61 Å². The van der Waals surface area contributed by atoms with Crippen molar-refractivity contribution in [2.24, 2.45) is 0 Å². The van der Waals surface area contributed by atoms with E-state index in [1.807, 2.05) is 0 Å². The molecule has 32 heavy (non-hydrogen) atoms. The molecule has 0 aromatic heterocycles. The Morgan fingerprint density at radius 1 is 1.00 bits per heavy atom. The summed E-state index contributed by atoms with van der Waals surface area (Å²) in [6.45, 7) is -0.462. The first-order valence-corrected chi connectivity index (χ1v) is 10.6. The molecule has 170 valence electrons. The molecule has 2 amide bonds. The van der Waals surface area contributed by atoms with Crippen LogP contribution in [0.15, 0.2) is 42.5 Å². The van der Waals surface area contributed by atoms with E-state index in [1.54, 1.807) is 42.5 Å². The summed E-state index contributed by atoms with van der Waals surface area (Å²) in [6, 6.07) is 12.0. The number of ether oxygens (including phenoxy) is 3. The molecule has 8 heteroatoms. The van der Waals surface area contributed by atoms with Crippen molar-refractivity contribution in [2.45, 2.75) is 38.1 Å². The fourth-order valence-corrected chi connectivity index (χ4v) is 3.66. The average molecular weight is 440 g/mol. The van der Waals surface area contributed by atoms with Crippen LogP contribution in [0.1, 0.15) is 41.6 Å². The second kappa shape index (κ2) is 11.2. The van der Waals surface area contributed by atoms with E-state index in [9.17, 15) is 14.4 Å². The van der Waals surface area contributed by atoms with Crippen molar-refractivity contribution in [1.82, 2.24) is 5.32 Å². The zero-order valence-corrected chi connectivity index (χ0v) is 18.3. The highest BCUT2D eigenvalue weighted by Crippen LogP contribution is 2.25. The van der Waals surface area contributed by atoms with Crippen LogP contribution >= 0.6 is 0 Å². The third-order valence-corrected chi connectivity index (χ3v) is 5.33. The van der Waals surface area contributed by atoms with Crippen LogP contribution in [0.2, 0.25) is 0 Å². The van der Waals surface area contributed by atoms with Gasteiger partial charge in [0.2, 0.25) is 0 Å². The summed E-state index contributed by atoms with van der Waals surface area (Å²) in [6.07, 6.45) is 4.10. The lowest BCUT2D eigenvalue weighted by molar-refractivity contribution is -0.146. The highest BCUT2D eigenvalue weighted by Gasteiger charge is 2.20. The van der Waals surface area contributed by atoms with Crippen LogP contribution in [0, 0.1) is 0 Å². The first kappa shape index (κ1) is 23.1. The Hall–Kier alpha value is -3.55. The summed E-state index contributed by atoms with van der Waals surface area (Å²) in [5, 5.41) is 5.66. The average Bonchev–Trinajstić information content (AvgIpc) is 3.31. The number of amides is 2. The number of para-hydroxylation sites is 1. The molecule has 1 fully saturated rings. The van der Waals surface area contributed by atoms with Gasteiger partial charge in [-0.3, -0.25) is 14.4 Å². The van der Waals surface area contributed by atoms with Gasteiger partial charge < -0.3 is 24.8 Å². The fraction of sp³-hybridized carbons (Fsp3) is 0.375. The lowest BCUT2D eigenvalue weighted by atomic mass is 10.1. The van der Waals surface area contributed by atoms with Gasteiger partial charge in [-0.05, 0) is 31.0 Å². The topological polar surface area (TPSA) is 103 Å². The molecule has 0 heterocycles. The normalized spacial score (nSPS) is 13.3. The number of hydrogen-bond donors (Lipinski definition) is 2. The molecule has 8 nitrogen and oxygen atoms in total. The Morgan fingerprint density at radius 2 is 1.75 bits per heavy atom. The SMILES string of the molecule is COc1ccc(CC(=O)OCC(=O)Nc2ccccc2C(=O)NC2CCCC2)c(OC)c1. The quantitative estimate of drug-likeness (QED) is 0.581. The van der Waals surface area contributed by atoms with E-state index in [0.717, 1.165) is 25.7 Å². The van der Waals surface area contributed by atoms with Crippen molar-refractivity contribution >= 4 is 23.5 Å². The third-order valence-electron chi connectivity index (χ3n) is 5.33. The molecule has 0 spiro atoms. The predicted octanol–water partition coefficient (Wildman–Crippen LogP) is 3.10. The zero-order valence-electron chi connectivity index (χ0n) is 18.3. The minimum atomic E-state index is -0.573. The number of nitrogens with one attached hydrogen (secondary N) is 2. The van der Waals surface area contributed by atoms with Crippen molar-refractivity contribution in [3.05, 3.63) is 53.6 Å². The number of anilines is 1. The fourth-order valence-electron chi connectivity index (χ4n) is 3.66. The largest absolute Gasteiger partial charge is 0.497 e. The van der Waals surface area contributed by atoms with Gasteiger partial charge in [-0.25, -0.2) is 0 Å². The van der Waals surface area contributed by atoms with E-state index in [1.165, 1.54) is 14.2 Å². The van der Waals surface area contributed by atoms with E-state index in [0.29, 0.717) is 28.3 Å². The molecule has 0 radical (unpaired) electrons. The lowest BCUT2D eigenvalue weighted by Gasteiger charge is -2.15. The Kier molecular flexibility index (Phi) is 8.08. The van der Waals surface area contributed by atoms with Gasteiger partial charge in [0.25, 0.3) is 11.8 Å². The van der Waals surface area contributed by atoms with E-state index in [2.05, 4.69) is 10.6 Å². The van der Waals surface area contributed by atoms with E-state index in [4.69, 9.17) is 14.2 Å². The van der Waals surface area contributed by atoms with Crippen LogP contribution in [0.4, 0.5) is 5.69 Å². The van der Waals surface area contributed by atoms with E-state index < -0.39 is 18.5 Å². The maximum atomic E-state index is 12.6. The van der Waals surface area contributed by atoms with Gasteiger partial charge in [0, 0.05) is 17.7 Å². The molecule has 0 aliphatic heterocycles. The molecular formula is C24H28N2O6. The molecule has 1 aliphatic carbocycles. The van der Waals surface area contributed by atoms with Gasteiger partial charge in [0.1, 0.15) is 11.5 Å². The van der Waals surface area contributed by atoms with Gasteiger partial charge in [-0.1, -0.05) is 31.0 Å². The number of esters is 1. The molecule has 0 atom stereocenters. The molecule has 2 N–H and O–H groups in total. The Bertz CT molecular complexity index is 969. The first-order valence-electron chi connectivity index (χ1n) is 10.6. The van der Waals surface area contributed by atoms with Crippen molar-refractivity contribution in [2.75, 3.05) is 26.1 Å². The molecule has 1 aliphatic rings. The first-order chi connectivity index (χ1) is 15.5. The Balaban J connectivity index is 1.54. The second-order valence-electron chi connectivity index (χ2n) is 7.56. The zero-order chi connectivity index (χ0) is 22.9. The van der Waals surface area contributed by atoms with Crippen LogP contribution in [-0.2, 0) is 20.7 Å². The second-order valence-corrected chi connectivity index (χ2v) is 7.56. The number of methoxy groups -OCH3 is 2. The van der Waals surface area contributed by atoms with Gasteiger partial charge in [0.05, 0.1) is 31.9 Å². The molecular weight excluding hydrogens is 412 g/mol. The molecule has 0 unspecified atom stereocenters. The van der Waals surface area contributed by atoms with Crippen molar-refractivity contribution in [1.29, 1.82) is 0 Å². The van der Waals surface area contributed by atoms with Crippen LogP contribution in [-0.4, -0.2) is 44.7 Å². The number of hydrogen-bond acceptors (Lipinski definition) is 6. The molecule has 0 bridgehead atoms. The Morgan fingerprint density at radius 3 is 2.47 bits per heavy atom. The monoisotopic (exact) mass is 440 g/mol. The van der Waals surface area contributed by atoms with Gasteiger partial charge in [-0.2, -0.15) is 0 Å². The minimum Gasteiger partial charge on any atom is -0.497 e. The van der Waals surface area contributed by atoms with Crippen molar-refractivity contribution in [3.63, 3.8) is 0 Å². The highest BCUT2D eigenvalue weighted by molar-refractivity contribution is 6.04. The van der Waals surface area contributed by atoms with E-state index >= 15 is 0 Å². The van der Waals surface area contributed by atoms with Crippen LogP contribution < -0.4 is 20.1 Å². The molecule has 0 saturated heterocycles. The molecule has 3 rings (SSSR count). The number of carbonyl (C=O) groups excluding carboxylic acids is 3. The Labute approximate surface area is 187 Å². The molecule has 2 aromatic rings. The standard InChI is InChI=1S/C24H28N2O6/c1-30-18-12-11-16(21(14-18)31-2)13-23(28)32-15-22(27)26-20-10-6-5-9-19(20)24(29)25-17-7-3-4-8-17/h5-6,9-12,14,17H,3-4,7-8,13,15H2,1-2H3,(H,25,29)(H,26,27). The van der Waals surface area contributed by atoms with Gasteiger partial charge in [-0.15, -0.1) is 0 Å². The number of carbonyl (C=O) groups is 3. The molecule has 2 aromatic carbocycles. The highest BCUT2D eigenvalue weighted by atomic mass is 16.5. The van der Waals surface area contributed by atoms with Crippen molar-refractivity contribution < 1.29 is 28.6 Å². The van der Waals surface area contributed by atoms with E-state index in [-0.39, 0.29) is 18.4 Å². The van der Waals surface area contributed by atoms with Gasteiger partial charge >= 0.3 is 5.97 Å². The summed E-state index contributed by atoms with van der Waals surface area (Å²) in [5.41, 5.74) is 1.37. The van der Waals surface area contributed by atoms with Crippen molar-refractivity contribution in [3.8, 4) is 11.5 Å². The summed E-state index contributed by atoms with van der Waals surface area (Å²) in [5.74, 6) is -0.227. The van der Waals surface area contributed by atoms with Crippen LogP contribution in [0.5, 0.6) is 11.5 Å². The maximum Gasteiger partial charge on any atom is 0.310 e. The minimum absolute atomic E-state index is 0.0547. The number of benzene rings is 2. The molecule has 1 saturated carbocycles. The van der Waals surface area contributed by atoms with Crippen LogP contribution in [0.25, 0.3) is 0 Å². The summed E-state index contributed by atoms with van der Waals surface area (Å²) in [4.78, 5) is 37.2. The summed E-state index contributed by atoms with van der Waals surface area (Å²) in [7, 11) is 3.04.